The molecule has 0 spiro atoms. The highest BCUT2D eigenvalue weighted by atomic mass is 16.2. The second kappa shape index (κ2) is 4.88. The Morgan fingerprint density at radius 2 is 2.32 bits per heavy atom. The van der Waals surface area contributed by atoms with E-state index in [-0.39, 0.29) is 5.91 Å². The SMILES string of the molecule is Cn1ccc2c1CCN(C(=O)Cc1cccnc1)C2. The summed E-state index contributed by atoms with van der Waals surface area (Å²) in [4.78, 5) is 18.3. The summed E-state index contributed by atoms with van der Waals surface area (Å²) in [6, 6.07) is 5.93. The van der Waals surface area contributed by atoms with Crippen molar-refractivity contribution in [3.8, 4) is 0 Å². The van der Waals surface area contributed by atoms with Gasteiger partial charge in [-0.3, -0.25) is 9.78 Å². The van der Waals surface area contributed by atoms with Gasteiger partial charge in [-0.15, -0.1) is 0 Å². The number of carbonyl (C=O) groups is 1. The number of carbonyl (C=O) groups excluding carboxylic acids is 1. The highest BCUT2D eigenvalue weighted by Gasteiger charge is 2.22. The minimum absolute atomic E-state index is 0.183. The molecule has 2 aromatic heterocycles. The third-order valence-electron chi connectivity index (χ3n) is 3.71. The number of rotatable bonds is 2. The van der Waals surface area contributed by atoms with E-state index in [1.807, 2.05) is 17.0 Å². The monoisotopic (exact) mass is 255 g/mol. The average Bonchev–Trinajstić information content (AvgIpc) is 2.81. The summed E-state index contributed by atoms with van der Waals surface area (Å²) in [6.07, 6.45) is 6.94. The van der Waals surface area contributed by atoms with Gasteiger partial charge in [0.1, 0.15) is 0 Å². The van der Waals surface area contributed by atoms with E-state index >= 15 is 0 Å². The summed E-state index contributed by atoms with van der Waals surface area (Å²) in [7, 11) is 2.06. The van der Waals surface area contributed by atoms with Gasteiger partial charge in [0, 0.05) is 50.8 Å². The van der Waals surface area contributed by atoms with Crippen LogP contribution in [0.2, 0.25) is 0 Å². The van der Waals surface area contributed by atoms with Crippen molar-refractivity contribution in [2.75, 3.05) is 6.54 Å². The molecular formula is C15H17N3O. The van der Waals surface area contributed by atoms with E-state index in [0.29, 0.717) is 6.42 Å². The van der Waals surface area contributed by atoms with Gasteiger partial charge in [-0.1, -0.05) is 6.07 Å². The van der Waals surface area contributed by atoms with Gasteiger partial charge in [0.15, 0.2) is 0 Å². The first-order valence-corrected chi connectivity index (χ1v) is 6.54. The number of aromatic nitrogens is 2. The van der Waals surface area contributed by atoms with Crippen molar-refractivity contribution in [2.24, 2.45) is 7.05 Å². The minimum atomic E-state index is 0.183. The van der Waals surface area contributed by atoms with Crippen LogP contribution in [-0.2, 0) is 31.2 Å². The lowest BCUT2D eigenvalue weighted by molar-refractivity contribution is -0.131. The molecule has 0 fully saturated rings. The minimum Gasteiger partial charge on any atom is -0.354 e. The number of fused-ring (bicyclic) bond motifs is 1. The van der Waals surface area contributed by atoms with Crippen LogP contribution in [0.1, 0.15) is 16.8 Å². The Bertz CT molecular complexity index is 589. The van der Waals surface area contributed by atoms with Crippen LogP contribution < -0.4 is 0 Å². The summed E-state index contributed by atoms with van der Waals surface area (Å²) in [6.45, 7) is 1.54. The third kappa shape index (κ3) is 2.38. The lowest BCUT2D eigenvalue weighted by Gasteiger charge is -2.28. The molecule has 1 amide bonds. The maximum absolute atomic E-state index is 12.3. The summed E-state index contributed by atoms with van der Waals surface area (Å²) < 4.78 is 2.15. The Morgan fingerprint density at radius 3 is 3.11 bits per heavy atom. The molecule has 4 nitrogen and oxygen atoms in total. The zero-order valence-electron chi connectivity index (χ0n) is 11.0. The van der Waals surface area contributed by atoms with Crippen molar-refractivity contribution in [2.45, 2.75) is 19.4 Å². The van der Waals surface area contributed by atoms with Crippen molar-refractivity contribution in [1.29, 1.82) is 0 Å². The van der Waals surface area contributed by atoms with Gasteiger partial charge in [-0.05, 0) is 23.3 Å². The Balaban J connectivity index is 1.69. The Hall–Kier alpha value is -2.10. The molecule has 0 unspecified atom stereocenters. The second-order valence-corrected chi connectivity index (χ2v) is 5.00. The molecule has 3 heterocycles. The molecule has 19 heavy (non-hydrogen) atoms. The third-order valence-corrected chi connectivity index (χ3v) is 3.71. The van der Waals surface area contributed by atoms with Crippen LogP contribution in [0.3, 0.4) is 0 Å². The lowest BCUT2D eigenvalue weighted by Crippen LogP contribution is -2.37. The maximum Gasteiger partial charge on any atom is 0.227 e. The zero-order chi connectivity index (χ0) is 13.2. The normalized spacial score (nSPS) is 14.3. The van der Waals surface area contributed by atoms with Crippen LogP contribution in [0, 0.1) is 0 Å². The fourth-order valence-electron chi connectivity index (χ4n) is 2.62. The van der Waals surface area contributed by atoms with Crippen molar-refractivity contribution >= 4 is 5.91 Å². The molecule has 0 bridgehead atoms. The number of aryl methyl sites for hydroxylation is 1. The van der Waals surface area contributed by atoms with Crippen LogP contribution in [-0.4, -0.2) is 26.9 Å². The molecule has 0 N–H and O–H groups in total. The molecule has 0 saturated heterocycles. The second-order valence-electron chi connectivity index (χ2n) is 5.00. The predicted molar refractivity (Wildman–Crippen MR) is 72.5 cm³/mol. The first kappa shape index (κ1) is 12.0. The van der Waals surface area contributed by atoms with Gasteiger partial charge in [0.2, 0.25) is 5.91 Å². The van der Waals surface area contributed by atoms with E-state index in [1.54, 1.807) is 12.4 Å². The van der Waals surface area contributed by atoms with Crippen molar-refractivity contribution < 1.29 is 4.79 Å². The maximum atomic E-state index is 12.3. The average molecular weight is 255 g/mol. The fraction of sp³-hybridized carbons (Fsp3) is 0.333. The van der Waals surface area contributed by atoms with E-state index in [1.165, 1.54) is 11.3 Å². The van der Waals surface area contributed by atoms with Crippen LogP contribution in [0.4, 0.5) is 0 Å². The van der Waals surface area contributed by atoms with Crippen LogP contribution in [0.5, 0.6) is 0 Å². The predicted octanol–water partition coefficient (Wildman–Crippen LogP) is 1.55. The van der Waals surface area contributed by atoms with Crippen LogP contribution in [0.25, 0.3) is 0 Å². The van der Waals surface area contributed by atoms with Crippen molar-refractivity contribution in [3.63, 3.8) is 0 Å². The zero-order valence-corrected chi connectivity index (χ0v) is 11.0. The number of amides is 1. The summed E-state index contributed by atoms with van der Waals surface area (Å²) in [5.41, 5.74) is 3.60. The largest absolute Gasteiger partial charge is 0.354 e. The molecule has 1 aliphatic heterocycles. The smallest absolute Gasteiger partial charge is 0.227 e. The molecule has 1 aliphatic rings. The standard InChI is InChI=1S/C15H17N3O/c1-17-7-4-13-11-18(8-5-14(13)17)15(19)9-12-3-2-6-16-10-12/h2-4,6-7,10H,5,8-9,11H2,1H3. The molecule has 2 aromatic rings. The van der Waals surface area contributed by atoms with E-state index < -0.39 is 0 Å². The number of hydrogen-bond donors (Lipinski definition) is 0. The molecule has 98 valence electrons. The van der Waals surface area contributed by atoms with Gasteiger partial charge in [-0.2, -0.15) is 0 Å². The summed E-state index contributed by atoms with van der Waals surface area (Å²) >= 11 is 0. The first-order chi connectivity index (χ1) is 9.24. The van der Waals surface area contributed by atoms with E-state index in [4.69, 9.17) is 0 Å². The van der Waals surface area contributed by atoms with E-state index in [9.17, 15) is 4.79 Å². The quantitative estimate of drug-likeness (QED) is 0.816. The molecule has 0 atom stereocenters. The number of nitrogens with zero attached hydrogens (tertiary/aromatic N) is 3. The van der Waals surface area contributed by atoms with Gasteiger partial charge >= 0.3 is 0 Å². The molecule has 0 aromatic carbocycles. The summed E-state index contributed by atoms with van der Waals surface area (Å²) in [5.74, 6) is 0.183. The number of pyridine rings is 1. The van der Waals surface area contributed by atoms with Gasteiger partial charge < -0.3 is 9.47 Å². The van der Waals surface area contributed by atoms with Gasteiger partial charge in [0.05, 0.1) is 6.42 Å². The molecule has 0 radical (unpaired) electrons. The molecule has 3 rings (SSSR count). The Labute approximate surface area is 112 Å². The van der Waals surface area contributed by atoms with E-state index in [2.05, 4.69) is 28.9 Å². The lowest BCUT2D eigenvalue weighted by atomic mass is 10.1. The molecule has 4 heteroatoms. The summed E-state index contributed by atoms with van der Waals surface area (Å²) in [5, 5.41) is 0. The Kier molecular flexibility index (Phi) is 3.07. The number of hydrogen-bond acceptors (Lipinski definition) is 2. The highest BCUT2D eigenvalue weighted by molar-refractivity contribution is 5.79. The van der Waals surface area contributed by atoms with Gasteiger partial charge in [0.25, 0.3) is 0 Å². The fourth-order valence-corrected chi connectivity index (χ4v) is 2.62. The first-order valence-electron chi connectivity index (χ1n) is 6.54. The molecular weight excluding hydrogens is 238 g/mol. The van der Waals surface area contributed by atoms with Crippen LogP contribution in [0.15, 0.2) is 36.8 Å². The Morgan fingerprint density at radius 1 is 1.42 bits per heavy atom. The van der Waals surface area contributed by atoms with Crippen molar-refractivity contribution in [1.82, 2.24) is 14.5 Å². The van der Waals surface area contributed by atoms with Crippen molar-refractivity contribution in [3.05, 3.63) is 53.6 Å². The van der Waals surface area contributed by atoms with Crippen LogP contribution >= 0.6 is 0 Å². The highest BCUT2D eigenvalue weighted by Crippen LogP contribution is 2.20. The molecule has 0 aliphatic carbocycles. The van der Waals surface area contributed by atoms with Gasteiger partial charge in [-0.25, -0.2) is 0 Å². The molecule has 0 saturated carbocycles. The van der Waals surface area contributed by atoms with E-state index in [0.717, 1.165) is 25.1 Å². The topological polar surface area (TPSA) is 38.1 Å².